The smallest absolute Gasteiger partial charge is 0.271 e. The molecule has 1 aromatic carbocycles. The van der Waals surface area contributed by atoms with Crippen molar-refractivity contribution in [1.29, 1.82) is 0 Å². The van der Waals surface area contributed by atoms with Crippen LogP contribution in [0.5, 0.6) is 0 Å². The second-order valence-electron chi connectivity index (χ2n) is 4.31. The number of carbonyl (C=O) groups is 2. The summed E-state index contributed by atoms with van der Waals surface area (Å²) in [5.74, 6) is -0.759. The Morgan fingerprint density at radius 3 is 2.57 bits per heavy atom. The van der Waals surface area contributed by atoms with Gasteiger partial charge >= 0.3 is 0 Å². The Morgan fingerprint density at radius 2 is 1.91 bits per heavy atom. The highest BCUT2D eigenvalue weighted by molar-refractivity contribution is 9.10. The molecule has 120 valence electrons. The first-order chi connectivity index (χ1) is 11.0. The fourth-order valence-corrected chi connectivity index (χ4v) is 2.69. The van der Waals surface area contributed by atoms with Gasteiger partial charge in [0.05, 0.1) is 15.8 Å². The van der Waals surface area contributed by atoms with Crippen LogP contribution in [0, 0.1) is 0 Å². The third-order valence-electron chi connectivity index (χ3n) is 2.62. The van der Waals surface area contributed by atoms with E-state index in [1.807, 2.05) is 0 Å². The van der Waals surface area contributed by atoms with Gasteiger partial charge in [0.15, 0.2) is 0 Å². The molecule has 2 aromatic rings. The van der Waals surface area contributed by atoms with Crippen molar-refractivity contribution in [1.82, 2.24) is 15.8 Å². The molecule has 2 amide bonds. The van der Waals surface area contributed by atoms with Gasteiger partial charge in [-0.05, 0) is 46.3 Å². The third kappa shape index (κ3) is 5.42. The molecule has 0 aliphatic carbocycles. The molecular formula is C14H11BrClN3O3S. The number of H-pyrrole nitrogens is 1. The summed E-state index contributed by atoms with van der Waals surface area (Å²) in [5, 5.41) is 0.623. The highest BCUT2D eigenvalue weighted by Crippen LogP contribution is 2.19. The van der Waals surface area contributed by atoms with Crippen LogP contribution in [0.1, 0.15) is 10.4 Å². The minimum absolute atomic E-state index is 0.136. The number of benzene rings is 1. The van der Waals surface area contributed by atoms with Gasteiger partial charge in [0.25, 0.3) is 11.5 Å². The molecule has 0 fully saturated rings. The third-order valence-corrected chi connectivity index (χ3v) is 4.47. The van der Waals surface area contributed by atoms with Crippen molar-refractivity contribution >= 4 is 51.1 Å². The first kappa shape index (κ1) is 17.6. The molecule has 6 nitrogen and oxygen atoms in total. The molecule has 1 heterocycles. The van der Waals surface area contributed by atoms with E-state index in [1.54, 1.807) is 24.3 Å². The lowest BCUT2D eigenvalue weighted by atomic mass is 10.3. The monoisotopic (exact) mass is 415 g/mol. The van der Waals surface area contributed by atoms with Gasteiger partial charge in [-0.2, -0.15) is 0 Å². The number of hydrogen-bond donors (Lipinski definition) is 3. The lowest BCUT2D eigenvalue weighted by Gasteiger charge is -2.07. The number of carbonyl (C=O) groups excluding carboxylic acids is 2. The number of hydrazine groups is 1. The molecule has 2 rings (SSSR count). The van der Waals surface area contributed by atoms with Gasteiger partial charge in [-0.25, -0.2) is 0 Å². The number of rotatable bonds is 4. The van der Waals surface area contributed by atoms with Gasteiger partial charge in [0.1, 0.15) is 0 Å². The number of aromatic amines is 1. The Bertz CT molecular complexity index is 780. The van der Waals surface area contributed by atoms with Crippen molar-refractivity contribution in [3.63, 3.8) is 0 Å². The molecule has 3 N–H and O–H groups in total. The quantitative estimate of drug-likeness (QED) is 0.527. The van der Waals surface area contributed by atoms with Gasteiger partial charge < -0.3 is 4.98 Å². The number of amides is 2. The molecule has 0 aliphatic rings. The van der Waals surface area contributed by atoms with E-state index in [0.717, 1.165) is 4.90 Å². The van der Waals surface area contributed by atoms with Crippen LogP contribution in [-0.2, 0) is 4.79 Å². The van der Waals surface area contributed by atoms with Crippen molar-refractivity contribution < 1.29 is 9.59 Å². The summed E-state index contributed by atoms with van der Waals surface area (Å²) < 4.78 is 0.231. The zero-order valence-corrected chi connectivity index (χ0v) is 14.7. The molecule has 0 unspecified atom stereocenters. The van der Waals surface area contributed by atoms with Gasteiger partial charge in [0.2, 0.25) is 5.91 Å². The highest BCUT2D eigenvalue weighted by Gasteiger charge is 2.09. The molecule has 0 saturated carbocycles. The Labute approximate surface area is 149 Å². The zero-order chi connectivity index (χ0) is 16.8. The van der Waals surface area contributed by atoms with Gasteiger partial charge in [0, 0.05) is 16.1 Å². The van der Waals surface area contributed by atoms with Crippen LogP contribution in [0.25, 0.3) is 0 Å². The van der Waals surface area contributed by atoms with Crippen LogP contribution >= 0.6 is 39.3 Å². The summed E-state index contributed by atoms with van der Waals surface area (Å²) in [6.45, 7) is 0. The highest BCUT2D eigenvalue weighted by atomic mass is 79.9. The van der Waals surface area contributed by atoms with Crippen LogP contribution < -0.4 is 16.4 Å². The van der Waals surface area contributed by atoms with Crippen LogP contribution in [0.2, 0.25) is 5.02 Å². The minimum Gasteiger partial charge on any atom is -0.327 e. The maximum Gasteiger partial charge on any atom is 0.271 e. The van der Waals surface area contributed by atoms with E-state index in [4.69, 9.17) is 11.6 Å². The molecule has 0 bridgehead atoms. The number of nitrogens with one attached hydrogen (secondary N) is 3. The first-order valence-corrected chi connectivity index (χ1v) is 8.47. The molecule has 23 heavy (non-hydrogen) atoms. The Balaban J connectivity index is 1.81. The van der Waals surface area contributed by atoms with Crippen LogP contribution in [0.15, 0.2) is 50.7 Å². The number of pyridine rings is 1. The summed E-state index contributed by atoms with van der Waals surface area (Å²) >= 11 is 10.1. The minimum atomic E-state index is -0.535. The van der Waals surface area contributed by atoms with Crippen molar-refractivity contribution in [2.75, 3.05) is 5.75 Å². The summed E-state index contributed by atoms with van der Waals surface area (Å²) in [7, 11) is 0. The normalized spacial score (nSPS) is 10.2. The number of hydrogen-bond acceptors (Lipinski definition) is 4. The number of aromatic nitrogens is 1. The summed E-state index contributed by atoms with van der Waals surface area (Å²) in [6, 6.07) is 8.44. The van der Waals surface area contributed by atoms with Gasteiger partial charge in [-0.15, -0.1) is 11.8 Å². The lowest BCUT2D eigenvalue weighted by Crippen LogP contribution is -2.42. The van der Waals surface area contributed by atoms with Crippen molar-refractivity contribution in [2.45, 2.75) is 4.90 Å². The molecule has 0 atom stereocenters. The molecule has 9 heteroatoms. The van der Waals surface area contributed by atoms with E-state index >= 15 is 0 Å². The van der Waals surface area contributed by atoms with E-state index in [9.17, 15) is 14.4 Å². The van der Waals surface area contributed by atoms with Crippen molar-refractivity contribution in [2.24, 2.45) is 0 Å². The predicted molar refractivity (Wildman–Crippen MR) is 92.5 cm³/mol. The second kappa shape index (κ2) is 8.19. The standard InChI is InChI=1S/C14H11BrClN3O3S/c15-11-5-8(6-17-14(11)22)13(21)19-18-12(20)7-23-10-3-1-9(16)2-4-10/h1-6H,7H2,(H,17,22)(H,18,20)(H,19,21). The first-order valence-electron chi connectivity index (χ1n) is 6.31. The topological polar surface area (TPSA) is 91.1 Å². The molecule has 1 aromatic heterocycles. The zero-order valence-electron chi connectivity index (χ0n) is 11.6. The predicted octanol–water partition coefficient (Wildman–Crippen LogP) is 2.34. The Hall–Kier alpha value is -1.77. The molecular weight excluding hydrogens is 406 g/mol. The van der Waals surface area contributed by atoms with Crippen LogP contribution in [0.3, 0.4) is 0 Å². The summed E-state index contributed by atoms with van der Waals surface area (Å²) in [6.07, 6.45) is 1.26. The average Bonchev–Trinajstić information content (AvgIpc) is 2.54. The average molecular weight is 417 g/mol. The molecule has 0 radical (unpaired) electrons. The maximum absolute atomic E-state index is 11.8. The van der Waals surface area contributed by atoms with Crippen molar-refractivity contribution in [3.05, 3.63) is 61.9 Å². The fourth-order valence-electron chi connectivity index (χ4n) is 1.50. The largest absolute Gasteiger partial charge is 0.327 e. The maximum atomic E-state index is 11.8. The molecule has 0 aliphatic heterocycles. The number of thioether (sulfide) groups is 1. The molecule has 0 saturated heterocycles. The second-order valence-corrected chi connectivity index (χ2v) is 6.65. The van der Waals surface area contributed by atoms with Gasteiger partial charge in [-0.1, -0.05) is 11.6 Å². The van der Waals surface area contributed by atoms with Crippen molar-refractivity contribution in [3.8, 4) is 0 Å². The lowest BCUT2D eigenvalue weighted by molar-refractivity contribution is -0.119. The number of halogens is 2. The summed E-state index contributed by atoms with van der Waals surface area (Å²) in [5.41, 5.74) is 4.45. The molecule has 0 spiro atoms. The van der Waals surface area contributed by atoms with Crippen LogP contribution in [0.4, 0.5) is 0 Å². The fraction of sp³-hybridized carbons (Fsp3) is 0.0714. The Kier molecular flexibility index (Phi) is 6.26. The van der Waals surface area contributed by atoms with E-state index < -0.39 is 5.91 Å². The van der Waals surface area contributed by atoms with E-state index in [1.165, 1.54) is 24.0 Å². The van der Waals surface area contributed by atoms with E-state index in [0.29, 0.717) is 5.02 Å². The van der Waals surface area contributed by atoms with E-state index in [2.05, 4.69) is 31.8 Å². The van der Waals surface area contributed by atoms with Gasteiger partial charge in [-0.3, -0.25) is 25.2 Å². The van der Waals surface area contributed by atoms with E-state index in [-0.39, 0.29) is 27.3 Å². The summed E-state index contributed by atoms with van der Waals surface area (Å²) in [4.78, 5) is 38.0. The SMILES string of the molecule is O=C(CSc1ccc(Cl)cc1)NNC(=O)c1c[nH]c(=O)c(Br)c1. The Morgan fingerprint density at radius 1 is 1.22 bits per heavy atom. The van der Waals surface area contributed by atoms with Crippen LogP contribution in [-0.4, -0.2) is 22.6 Å².